The summed E-state index contributed by atoms with van der Waals surface area (Å²) in [5, 5.41) is 25.2. The van der Waals surface area contributed by atoms with Crippen molar-refractivity contribution in [3.63, 3.8) is 0 Å². The first-order valence-corrected chi connectivity index (χ1v) is 9.90. The van der Waals surface area contributed by atoms with E-state index in [2.05, 4.69) is 31.6 Å². The molecule has 4 rings (SSSR count). The molecule has 0 amide bonds. The van der Waals surface area contributed by atoms with E-state index in [-0.39, 0.29) is 16.7 Å². The highest BCUT2D eigenvalue weighted by molar-refractivity contribution is 5.69. The molecule has 1 N–H and O–H groups in total. The zero-order valence-electron chi connectivity index (χ0n) is 17.0. The van der Waals surface area contributed by atoms with Crippen molar-refractivity contribution in [1.29, 1.82) is 0 Å². The van der Waals surface area contributed by atoms with Gasteiger partial charge >= 0.3 is 0 Å². The lowest BCUT2D eigenvalue weighted by molar-refractivity contribution is -0.384. The molecule has 0 spiro atoms. The third-order valence-corrected chi connectivity index (χ3v) is 5.18. The highest BCUT2D eigenvalue weighted by Crippen LogP contribution is 2.28. The van der Waals surface area contributed by atoms with Gasteiger partial charge in [0.15, 0.2) is 5.82 Å². The number of rotatable bonds is 8. The Hall–Kier alpha value is -4.01. The summed E-state index contributed by atoms with van der Waals surface area (Å²) in [7, 11) is 1.98. The van der Waals surface area contributed by atoms with Gasteiger partial charge in [0.2, 0.25) is 0 Å². The molecule has 9 nitrogen and oxygen atoms in total. The number of benzene rings is 2. The second kappa shape index (κ2) is 9.21. The molecule has 1 aliphatic heterocycles. The molecule has 1 atom stereocenters. The minimum Gasteiger partial charge on any atom is -0.489 e. The zero-order chi connectivity index (χ0) is 21.6. The number of hydrogen-bond donors (Lipinski definition) is 1. The Balaban J connectivity index is 1.46. The number of nitro groups is 1. The van der Waals surface area contributed by atoms with Crippen LogP contribution in [0.3, 0.4) is 0 Å². The van der Waals surface area contributed by atoms with E-state index < -0.39 is 0 Å². The zero-order valence-corrected chi connectivity index (χ0v) is 17.0. The number of tetrazole rings is 1. The van der Waals surface area contributed by atoms with Crippen LogP contribution >= 0.6 is 0 Å². The van der Waals surface area contributed by atoms with Gasteiger partial charge in [-0.2, -0.15) is 0 Å². The van der Waals surface area contributed by atoms with Crippen molar-refractivity contribution in [2.75, 3.05) is 7.05 Å². The van der Waals surface area contributed by atoms with Gasteiger partial charge < -0.3 is 9.64 Å². The van der Waals surface area contributed by atoms with Crippen LogP contribution in [0.25, 0.3) is 5.57 Å². The van der Waals surface area contributed by atoms with E-state index >= 15 is 0 Å². The van der Waals surface area contributed by atoms with Crippen LogP contribution in [0.2, 0.25) is 0 Å². The average molecular weight is 418 g/mol. The lowest BCUT2D eigenvalue weighted by Gasteiger charge is -2.28. The largest absolute Gasteiger partial charge is 0.489 e. The van der Waals surface area contributed by atoms with Gasteiger partial charge in [0.05, 0.1) is 4.92 Å². The minimum atomic E-state index is -0.377. The summed E-state index contributed by atoms with van der Waals surface area (Å²) >= 11 is 0. The number of nitrogens with zero attached hydrogens (tertiary/aromatic N) is 5. The highest BCUT2D eigenvalue weighted by atomic mass is 16.6. The maximum atomic E-state index is 11.3. The Kier molecular flexibility index (Phi) is 6.02. The van der Waals surface area contributed by atoms with E-state index in [0.29, 0.717) is 24.6 Å². The molecule has 1 aromatic heterocycles. The number of aromatic amines is 1. The van der Waals surface area contributed by atoms with Crippen LogP contribution in [0.1, 0.15) is 23.4 Å². The Bertz CT molecular complexity index is 1100. The second-order valence-electron chi connectivity index (χ2n) is 7.29. The van der Waals surface area contributed by atoms with Crippen molar-refractivity contribution in [1.82, 2.24) is 25.5 Å². The Morgan fingerprint density at radius 1 is 1.23 bits per heavy atom. The second-order valence-corrected chi connectivity index (χ2v) is 7.29. The molecule has 2 heterocycles. The summed E-state index contributed by atoms with van der Waals surface area (Å²) in [6, 6.07) is 14.8. The van der Waals surface area contributed by atoms with E-state index in [1.54, 1.807) is 12.1 Å². The van der Waals surface area contributed by atoms with Gasteiger partial charge in [0.1, 0.15) is 12.4 Å². The van der Waals surface area contributed by atoms with Crippen LogP contribution in [0.4, 0.5) is 5.69 Å². The molecule has 0 aliphatic carbocycles. The van der Waals surface area contributed by atoms with Crippen molar-refractivity contribution in [2.45, 2.75) is 25.5 Å². The third-order valence-electron chi connectivity index (χ3n) is 5.18. The maximum absolute atomic E-state index is 11.3. The van der Waals surface area contributed by atoms with Crippen LogP contribution in [-0.2, 0) is 13.0 Å². The van der Waals surface area contributed by atoms with Gasteiger partial charge in [0.25, 0.3) is 5.69 Å². The molecular weight excluding hydrogens is 396 g/mol. The normalized spacial score (nSPS) is 15.6. The standard InChI is InChI=1S/C22H22N6O3/c1-27-14-18(22-23-25-26-24-22)8-10-19(27)9-7-17-13-20(28(29)30)11-12-21(17)31-15-16-5-3-2-4-6-16/h2-6,8,10-14,19H,7,9,15H2,1H3,(H,23,24,25,26). The molecule has 0 fully saturated rings. The number of likely N-dealkylation sites (N-methyl/N-ethyl adjacent to an activating group) is 1. The van der Waals surface area contributed by atoms with Crippen LogP contribution in [0.5, 0.6) is 5.75 Å². The van der Waals surface area contributed by atoms with Gasteiger partial charge in [-0.25, -0.2) is 5.10 Å². The summed E-state index contributed by atoms with van der Waals surface area (Å²) in [4.78, 5) is 13.0. The Morgan fingerprint density at radius 2 is 2.06 bits per heavy atom. The predicted octanol–water partition coefficient (Wildman–Crippen LogP) is 3.53. The minimum absolute atomic E-state index is 0.0644. The van der Waals surface area contributed by atoms with E-state index in [0.717, 1.165) is 23.1 Å². The molecule has 158 valence electrons. The van der Waals surface area contributed by atoms with Gasteiger partial charge in [-0.15, -0.1) is 5.10 Å². The van der Waals surface area contributed by atoms with Crippen molar-refractivity contribution in [2.24, 2.45) is 0 Å². The number of H-pyrrole nitrogens is 1. The van der Waals surface area contributed by atoms with Crippen LogP contribution in [0.15, 0.2) is 66.9 Å². The third kappa shape index (κ3) is 4.95. The molecule has 9 heteroatoms. The van der Waals surface area contributed by atoms with Gasteiger partial charge in [-0.3, -0.25) is 10.1 Å². The fourth-order valence-corrected chi connectivity index (χ4v) is 3.48. The number of ether oxygens (including phenoxy) is 1. The summed E-state index contributed by atoms with van der Waals surface area (Å²) < 4.78 is 6.00. The van der Waals surface area contributed by atoms with Gasteiger partial charge in [-0.05, 0) is 34.9 Å². The fraction of sp³-hybridized carbons (Fsp3) is 0.227. The summed E-state index contributed by atoms with van der Waals surface area (Å²) in [5.74, 6) is 1.28. The van der Waals surface area contributed by atoms with Crippen molar-refractivity contribution in [3.8, 4) is 5.75 Å². The van der Waals surface area contributed by atoms with Crippen LogP contribution < -0.4 is 4.74 Å². The molecule has 0 saturated carbocycles. The molecule has 1 unspecified atom stereocenters. The molecule has 0 bridgehead atoms. The predicted molar refractivity (Wildman–Crippen MR) is 115 cm³/mol. The van der Waals surface area contributed by atoms with Crippen LogP contribution in [-0.4, -0.2) is 43.5 Å². The summed E-state index contributed by atoms with van der Waals surface area (Å²) in [6.45, 7) is 0.409. The van der Waals surface area contributed by atoms with E-state index in [4.69, 9.17) is 4.74 Å². The number of non-ortho nitro benzene ring substituents is 1. The number of aromatic nitrogens is 4. The van der Waals surface area contributed by atoms with E-state index in [1.165, 1.54) is 6.07 Å². The Labute approximate surface area is 179 Å². The number of nitrogens with one attached hydrogen (secondary N) is 1. The van der Waals surface area contributed by atoms with Crippen molar-refractivity contribution in [3.05, 3.63) is 93.9 Å². The first-order chi connectivity index (χ1) is 15.1. The molecular formula is C22H22N6O3. The van der Waals surface area contributed by atoms with Gasteiger partial charge in [-0.1, -0.05) is 42.5 Å². The molecule has 0 radical (unpaired) electrons. The smallest absolute Gasteiger partial charge is 0.269 e. The lowest BCUT2D eigenvalue weighted by atomic mass is 10.00. The molecule has 2 aromatic carbocycles. The summed E-state index contributed by atoms with van der Waals surface area (Å²) in [6.07, 6.45) is 7.45. The lowest BCUT2D eigenvalue weighted by Crippen LogP contribution is -2.28. The average Bonchev–Trinajstić information content (AvgIpc) is 3.33. The fourth-order valence-electron chi connectivity index (χ4n) is 3.48. The number of allylic oxidation sites excluding steroid dienone is 2. The topological polar surface area (TPSA) is 110 Å². The first kappa shape index (κ1) is 20.3. The monoisotopic (exact) mass is 418 g/mol. The molecule has 3 aromatic rings. The quantitative estimate of drug-likeness (QED) is 0.440. The number of aryl methyl sites for hydroxylation is 1. The molecule has 0 saturated heterocycles. The SMILES string of the molecule is CN1C=C(c2nnn[nH]2)C=CC1CCc1cc([N+](=O)[O-])ccc1OCc1ccccc1. The highest BCUT2D eigenvalue weighted by Gasteiger charge is 2.18. The van der Waals surface area contributed by atoms with Gasteiger partial charge in [0, 0.05) is 42.6 Å². The van der Waals surface area contributed by atoms with Crippen molar-refractivity contribution >= 4 is 11.3 Å². The van der Waals surface area contributed by atoms with E-state index in [1.807, 2.05) is 49.7 Å². The maximum Gasteiger partial charge on any atom is 0.269 e. The summed E-state index contributed by atoms with van der Waals surface area (Å²) in [5.41, 5.74) is 2.82. The molecule has 31 heavy (non-hydrogen) atoms. The Morgan fingerprint density at radius 3 is 2.77 bits per heavy atom. The van der Waals surface area contributed by atoms with Crippen molar-refractivity contribution < 1.29 is 9.66 Å². The number of hydrogen-bond acceptors (Lipinski definition) is 7. The first-order valence-electron chi connectivity index (χ1n) is 9.90. The number of nitro benzene ring substituents is 1. The van der Waals surface area contributed by atoms with Crippen LogP contribution in [0, 0.1) is 10.1 Å². The van der Waals surface area contributed by atoms with E-state index in [9.17, 15) is 10.1 Å². The molecule has 1 aliphatic rings.